The summed E-state index contributed by atoms with van der Waals surface area (Å²) in [5.41, 5.74) is 1.42. The first-order valence-corrected chi connectivity index (χ1v) is 14.9. The van der Waals surface area contributed by atoms with Crippen LogP contribution in [0.5, 0.6) is 11.5 Å². The molecule has 16 heteroatoms. The topological polar surface area (TPSA) is 111 Å². The van der Waals surface area contributed by atoms with Gasteiger partial charge in [0, 0.05) is 12.1 Å². The lowest BCUT2D eigenvalue weighted by molar-refractivity contribution is -0.274. The molecule has 1 aliphatic rings. The molecule has 242 valence electrons. The summed E-state index contributed by atoms with van der Waals surface area (Å²) in [4.78, 5) is 31.1. The molecule has 0 spiro atoms. The minimum Gasteiger partial charge on any atom is -0.485 e. The maximum atomic E-state index is 14.9. The van der Waals surface area contributed by atoms with Gasteiger partial charge in [0.1, 0.15) is 30.1 Å². The molecule has 4 aromatic rings. The van der Waals surface area contributed by atoms with E-state index in [2.05, 4.69) is 25.5 Å². The van der Waals surface area contributed by atoms with Crippen LogP contribution in [0.25, 0.3) is 5.69 Å². The number of ether oxygens (including phenoxy) is 2. The number of carbonyl (C=O) groups is 2. The Balaban J connectivity index is 1.20. The molecule has 5 rings (SSSR count). The first-order chi connectivity index (χ1) is 21.9. The van der Waals surface area contributed by atoms with Gasteiger partial charge in [-0.1, -0.05) is 25.5 Å². The van der Waals surface area contributed by atoms with Crippen molar-refractivity contribution in [2.75, 3.05) is 16.0 Å². The number of halogens is 5. The number of benzene rings is 3. The van der Waals surface area contributed by atoms with Crippen LogP contribution >= 0.6 is 11.8 Å². The lowest BCUT2D eigenvalue weighted by Gasteiger charge is -2.27. The molecule has 1 aliphatic heterocycles. The molecule has 2 N–H and O–H groups in total. The van der Waals surface area contributed by atoms with Crippen molar-refractivity contribution >= 4 is 35.1 Å². The van der Waals surface area contributed by atoms with Crippen molar-refractivity contribution in [1.29, 1.82) is 0 Å². The van der Waals surface area contributed by atoms with Gasteiger partial charge in [-0.15, -0.1) is 30.0 Å². The highest BCUT2D eigenvalue weighted by Gasteiger charge is 2.35. The minimum absolute atomic E-state index is 0.113. The Bertz CT molecular complexity index is 1710. The summed E-state index contributed by atoms with van der Waals surface area (Å²) >= 11 is 1.18. The summed E-state index contributed by atoms with van der Waals surface area (Å²) in [7, 11) is 0. The fourth-order valence-electron chi connectivity index (χ4n) is 4.62. The molecule has 2 heterocycles. The zero-order chi connectivity index (χ0) is 33.0. The van der Waals surface area contributed by atoms with Gasteiger partial charge in [0.25, 0.3) is 0 Å². The minimum atomic E-state index is -4.82. The number of rotatable bonds is 10. The molecule has 3 aromatic carbocycles. The number of hydrogen-bond acceptors (Lipinski definition) is 7. The summed E-state index contributed by atoms with van der Waals surface area (Å²) in [6.45, 7) is 3.62. The largest absolute Gasteiger partial charge is 0.573 e. The van der Waals surface area contributed by atoms with Gasteiger partial charge < -0.3 is 20.1 Å². The fourth-order valence-corrected chi connectivity index (χ4v) is 5.63. The Morgan fingerprint density at radius 2 is 1.78 bits per heavy atom. The number of anilines is 2. The highest BCUT2D eigenvalue weighted by molar-refractivity contribution is 8.01. The van der Waals surface area contributed by atoms with E-state index in [1.54, 1.807) is 0 Å². The lowest BCUT2D eigenvalue weighted by Crippen LogP contribution is -2.47. The van der Waals surface area contributed by atoms with Gasteiger partial charge >= 0.3 is 12.4 Å². The number of urea groups is 1. The zero-order valence-electron chi connectivity index (χ0n) is 24.4. The van der Waals surface area contributed by atoms with Crippen LogP contribution in [0.1, 0.15) is 30.3 Å². The lowest BCUT2D eigenvalue weighted by atomic mass is 10.0. The van der Waals surface area contributed by atoms with Crippen LogP contribution in [0.2, 0.25) is 0 Å². The van der Waals surface area contributed by atoms with Gasteiger partial charge in [-0.05, 0) is 54.8 Å². The second-order valence-electron chi connectivity index (χ2n) is 10.1. The van der Waals surface area contributed by atoms with Crippen LogP contribution in [-0.4, -0.2) is 44.3 Å². The average Bonchev–Trinajstić information content (AvgIpc) is 3.61. The van der Waals surface area contributed by atoms with Crippen LogP contribution < -0.4 is 25.0 Å². The molecule has 1 unspecified atom stereocenters. The number of aryl methyl sites for hydroxylation is 2. The fraction of sp³-hybridized carbons (Fsp3) is 0.267. The Hall–Kier alpha value is -4.86. The van der Waals surface area contributed by atoms with Gasteiger partial charge in [0.15, 0.2) is 23.0 Å². The second-order valence-corrected chi connectivity index (χ2v) is 11.2. The summed E-state index contributed by atoms with van der Waals surface area (Å²) in [5, 5.41) is 8.93. The van der Waals surface area contributed by atoms with Crippen LogP contribution in [0, 0.1) is 18.6 Å². The number of thioether (sulfide) groups is 1. The van der Waals surface area contributed by atoms with E-state index >= 15 is 0 Å². The van der Waals surface area contributed by atoms with Crippen molar-refractivity contribution in [2.45, 2.75) is 45.2 Å². The second kappa shape index (κ2) is 13.6. The smallest absolute Gasteiger partial charge is 0.485 e. The van der Waals surface area contributed by atoms with Crippen LogP contribution in [0.4, 0.5) is 38.1 Å². The predicted octanol–water partition coefficient (Wildman–Crippen LogP) is 6.47. The van der Waals surface area contributed by atoms with Crippen LogP contribution in [0.3, 0.4) is 0 Å². The number of alkyl halides is 3. The van der Waals surface area contributed by atoms with E-state index in [4.69, 9.17) is 4.74 Å². The maximum absolute atomic E-state index is 14.9. The zero-order valence-corrected chi connectivity index (χ0v) is 25.2. The Morgan fingerprint density at radius 1 is 1.07 bits per heavy atom. The van der Waals surface area contributed by atoms with E-state index < -0.39 is 41.0 Å². The Labute approximate surface area is 263 Å². The van der Waals surface area contributed by atoms with Crippen LogP contribution in [-0.2, 0) is 17.8 Å². The van der Waals surface area contributed by atoms with Crippen molar-refractivity contribution in [3.63, 3.8) is 0 Å². The van der Waals surface area contributed by atoms with Crippen LogP contribution in [0.15, 0.2) is 60.9 Å². The molecule has 3 amide bonds. The number of amides is 3. The molecule has 0 saturated carbocycles. The normalized spacial score (nSPS) is 14.8. The SMILES string of the molecule is CCCc1ccc(C)cc1N1C(=O)CSC1NC(=O)Nc1c(F)cc(OCc2ncn(-c3ccc(OC(F)(F)F)cc3)n2)cc1F. The molecular formula is C30H27F5N6O4S. The average molecular weight is 663 g/mol. The molecule has 1 saturated heterocycles. The molecule has 1 fully saturated rings. The Morgan fingerprint density at radius 3 is 2.46 bits per heavy atom. The van der Waals surface area contributed by atoms with Gasteiger partial charge in [0.2, 0.25) is 5.91 Å². The summed E-state index contributed by atoms with van der Waals surface area (Å²) in [5.74, 6) is -2.81. The van der Waals surface area contributed by atoms with Gasteiger partial charge in [0.05, 0.1) is 17.1 Å². The molecular weight excluding hydrogens is 635 g/mol. The monoisotopic (exact) mass is 662 g/mol. The van der Waals surface area contributed by atoms with E-state index in [1.807, 2.05) is 32.0 Å². The summed E-state index contributed by atoms with van der Waals surface area (Å²) < 4.78 is 77.5. The first-order valence-electron chi connectivity index (χ1n) is 13.9. The number of carbonyl (C=O) groups excluding carboxylic acids is 2. The number of nitrogens with zero attached hydrogens (tertiary/aromatic N) is 4. The van der Waals surface area contributed by atoms with Gasteiger partial charge in [-0.2, -0.15) is 0 Å². The van der Waals surface area contributed by atoms with Gasteiger partial charge in [-0.3, -0.25) is 9.69 Å². The van der Waals surface area contributed by atoms with Gasteiger partial charge in [-0.25, -0.2) is 23.2 Å². The number of hydrogen-bond donors (Lipinski definition) is 2. The third-order valence-corrected chi connectivity index (χ3v) is 7.70. The van der Waals surface area contributed by atoms with E-state index in [1.165, 1.54) is 39.8 Å². The van der Waals surface area contributed by atoms with E-state index in [9.17, 15) is 31.5 Å². The molecule has 1 atom stereocenters. The number of nitrogens with one attached hydrogen (secondary N) is 2. The van der Waals surface area contributed by atoms with E-state index in [0.717, 1.165) is 48.2 Å². The number of aromatic nitrogens is 3. The van der Waals surface area contributed by atoms with E-state index in [-0.39, 0.29) is 29.8 Å². The maximum Gasteiger partial charge on any atom is 0.573 e. The summed E-state index contributed by atoms with van der Waals surface area (Å²) in [6, 6.07) is 11.5. The highest BCUT2D eigenvalue weighted by Crippen LogP contribution is 2.33. The van der Waals surface area contributed by atoms with Crippen molar-refractivity contribution in [1.82, 2.24) is 20.1 Å². The van der Waals surface area contributed by atoms with Crippen molar-refractivity contribution in [3.05, 3.63) is 89.5 Å². The third-order valence-electron chi connectivity index (χ3n) is 6.64. The highest BCUT2D eigenvalue weighted by atomic mass is 32.2. The molecule has 0 bridgehead atoms. The first kappa shape index (κ1) is 32.5. The van der Waals surface area contributed by atoms with Crippen molar-refractivity contribution < 1.29 is 41.0 Å². The standard InChI is InChI=1S/C30H27F5N6O4S/c1-3-4-18-6-5-17(2)11-24(18)41-26(42)15-46-29(41)38-28(43)37-27-22(31)12-21(13-23(27)32)44-14-25-36-16-40(39-25)19-7-9-20(10-8-19)45-30(33,34)35/h5-13,16,29H,3-4,14-15H2,1-2H3,(H2,37,38,43). The van der Waals surface area contributed by atoms with Crippen molar-refractivity contribution in [3.8, 4) is 17.2 Å². The van der Waals surface area contributed by atoms with Crippen molar-refractivity contribution in [2.24, 2.45) is 0 Å². The molecule has 10 nitrogen and oxygen atoms in total. The predicted molar refractivity (Wildman–Crippen MR) is 160 cm³/mol. The third kappa shape index (κ3) is 7.85. The molecule has 46 heavy (non-hydrogen) atoms. The summed E-state index contributed by atoms with van der Waals surface area (Å²) in [6.07, 6.45) is -1.96. The Kier molecular flexibility index (Phi) is 9.65. The molecule has 0 aliphatic carbocycles. The molecule has 0 radical (unpaired) electrons. The van der Waals surface area contributed by atoms with E-state index in [0.29, 0.717) is 11.4 Å². The molecule has 1 aromatic heterocycles. The quantitative estimate of drug-likeness (QED) is 0.187.